The van der Waals surface area contributed by atoms with E-state index in [9.17, 15) is 9.90 Å². The Morgan fingerprint density at radius 1 is 1.11 bits per heavy atom. The number of amides is 1. The number of carbonyl (C=O) groups is 1. The fourth-order valence-corrected chi connectivity index (χ4v) is 3.09. The second-order valence-corrected chi connectivity index (χ2v) is 6.11. The van der Waals surface area contributed by atoms with Crippen LogP contribution in [0.15, 0.2) is 59.2 Å². The molecule has 0 atom stereocenters. The summed E-state index contributed by atoms with van der Waals surface area (Å²) >= 11 is 0. The summed E-state index contributed by atoms with van der Waals surface area (Å²) in [6.07, 6.45) is 0. The lowest BCUT2D eigenvalue weighted by molar-refractivity contribution is -0.119. The number of anilines is 2. The Morgan fingerprint density at radius 2 is 1.86 bits per heavy atom. The summed E-state index contributed by atoms with van der Waals surface area (Å²) in [5.74, 6) is 0.282. The van der Waals surface area contributed by atoms with Crippen LogP contribution in [0.2, 0.25) is 0 Å². The highest BCUT2D eigenvalue weighted by atomic mass is 16.6. The van der Waals surface area contributed by atoms with E-state index in [2.05, 4.69) is 15.3 Å². The van der Waals surface area contributed by atoms with Crippen LogP contribution in [0.4, 0.5) is 11.5 Å². The fraction of sp³-hybridized carbons (Fsp3) is 0.158. The minimum atomic E-state index is -0.209. The Bertz CT molecular complexity index is 1110. The van der Waals surface area contributed by atoms with Gasteiger partial charge in [-0.05, 0) is 34.6 Å². The first kappa shape index (κ1) is 17.7. The van der Waals surface area contributed by atoms with Crippen LogP contribution in [-0.4, -0.2) is 44.0 Å². The monoisotopic (exact) mass is 378 g/mol. The van der Waals surface area contributed by atoms with E-state index in [4.69, 9.17) is 10.4 Å². The molecule has 0 saturated heterocycles. The van der Waals surface area contributed by atoms with Crippen LogP contribution >= 0.6 is 0 Å². The quantitative estimate of drug-likeness (QED) is 0.523. The third-order valence-corrected chi connectivity index (χ3v) is 4.37. The number of hydrogen-bond acceptors (Lipinski definition) is 7. The van der Waals surface area contributed by atoms with Crippen LogP contribution in [0.5, 0.6) is 0 Å². The van der Waals surface area contributed by atoms with Crippen molar-refractivity contribution in [3.63, 3.8) is 0 Å². The minimum Gasteiger partial charge on any atom is -0.395 e. The van der Waals surface area contributed by atoms with Gasteiger partial charge in [0, 0.05) is 12.2 Å². The third kappa shape index (κ3) is 3.19. The standard InChI is InChI=1S/C19H18N6O3/c20-18-17(22-28-23-18)19-21-14-8-4-5-9-15(14)25(19)12-16(27)24(10-11-26)13-6-2-1-3-7-13/h1-9,26H,10-12H2,(H2,20,23). The molecule has 9 nitrogen and oxygen atoms in total. The predicted molar refractivity (Wildman–Crippen MR) is 103 cm³/mol. The highest BCUT2D eigenvalue weighted by molar-refractivity contribution is 5.95. The number of aliphatic hydroxyl groups is 1. The van der Waals surface area contributed by atoms with E-state index in [-0.39, 0.29) is 37.1 Å². The van der Waals surface area contributed by atoms with Gasteiger partial charge in [0.2, 0.25) is 5.91 Å². The molecule has 0 saturated carbocycles. The lowest BCUT2D eigenvalue weighted by Gasteiger charge is -2.22. The average molecular weight is 378 g/mol. The van der Waals surface area contributed by atoms with E-state index in [0.29, 0.717) is 17.0 Å². The molecule has 0 aliphatic heterocycles. The predicted octanol–water partition coefficient (Wildman–Crippen LogP) is 1.69. The summed E-state index contributed by atoms with van der Waals surface area (Å²) in [4.78, 5) is 19.2. The first-order chi connectivity index (χ1) is 13.7. The molecule has 1 amide bonds. The molecule has 3 N–H and O–H groups in total. The van der Waals surface area contributed by atoms with Crippen molar-refractivity contribution >= 4 is 28.4 Å². The first-order valence-electron chi connectivity index (χ1n) is 8.69. The summed E-state index contributed by atoms with van der Waals surface area (Å²) in [6, 6.07) is 16.6. The molecule has 9 heteroatoms. The number of fused-ring (bicyclic) bond motifs is 1. The van der Waals surface area contributed by atoms with Crippen LogP contribution in [0.1, 0.15) is 0 Å². The summed E-state index contributed by atoms with van der Waals surface area (Å²) < 4.78 is 6.43. The zero-order chi connectivity index (χ0) is 19.5. The number of aromatic nitrogens is 4. The molecule has 2 aromatic carbocycles. The molecule has 2 heterocycles. The van der Waals surface area contributed by atoms with E-state index in [1.807, 2.05) is 54.6 Å². The number of nitrogens with two attached hydrogens (primary N) is 1. The van der Waals surface area contributed by atoms with E-state index < -0.39 is 0 Å². The maximum atomic E-state index is 13.1. The molecule has 0 bridgehead atoms. The van der Waals surface area contributed by atoms with Crippen LogP contribution in [-0.2, 0) is 11.3 Å². The zero-order valence-electron chi connectivity index (χ0n) is 14.9. The SMILES string of the molecule is Nc1nonc1-c1nc2ccccc2n1CC(=O)N(CCO)c1ccccc1. The topological polar surface area (TPSA) is 123 Å². The van der Waals surface area contributed by atoms with Gasteiger partial charge >= 0.3 is 0 Å². The van der Waals surface area contributed by atoms with Crippen LogP contribution in [0, 0.1) is 0 Å². The zero-order valence-corrected chi connectivity index (χ0v) is 14.9. The van der Waals surface area contributed by atoms with Crippen molar-refractivity contribution in [1.82, 2.24) is 19.9 Å². The molecule has 142 valence electrons. The van der Waals surface area contributed by atoms with E-state index in [1.165, 1.54) is 4.90 Å². The Hall–Kier alpha value is -3.72. The van der Waals surface area contributed by atoms with Crippen molar-refractivity contribution in [2.75, 3.05) is 23.8 Å². The smallest absolute Gasteiger partial charge is 0.247 e. The van der Waals surface area contributed by atoms with E-state index >= 15 is 0 Å². The number of nitrogens with zero attached hydrogens (tertiary/aromatic N) is 5. The second kappa shape index (κ2) is 7.49. The number of hydrogen-bond donors (Lipinski definition) is 2. The Balaban J connectivity index is 1.76. The number of benzene rings is 2. The van der Waals surface area contributed by atoms with Crippen LogP contribution in [0.3, 0.4) is 0 Å². The molecule has 0 aliphatic carbocycles. The lowest BCUT2D eigenvalue weighted by atomic mass is 10.2. The van der Waals surface area contributed by atoms with Crippen molar-refractivity contribution in [1.29, 1.82) is 0 Å². The molecule has 0 aliphatic rings. The molecule has 4 rings (SSSR count). The molecule has 0 unspecified atom stereocenters. The van der Waals surface area contributed by atoms with Gasteiger partial charge in [-0.2, -0.15) is 0 Å². The Labute approximate surface area is 160 Å². The van der Waals surface area contributed by atoms with Crippen molar-refractivity contribution in [2.45, 2.75) is 6.54 Å². The van der Waals surface area contributed by atoms with Crippen LogP contribution < -0.4 is 10.6 Å². The Morgan fingerprint density at radius 3 is 2.57 bits per heavy atom. The molecular weight excluding hydrogens is 360 g/mol. The maximum absolute atomic E-state index is 13.1. The maximum Gasteiger partial charge on any atom is 0.247 e. The van der Waals surface area contributed by atoms with Crippen molar-refractivity contribution in [3.8, 4) is 11.5 Å². The summed E-state index contributed by atoms with van der Waals surface area (Å²) in [5, 5.41) is 16.9. The van der Waals surface area contributed by atoms with E-state index in [0.717, 1.165) is 5.52 Å². The first-order valence-corrected chi connectivity index (χ1v) is 8.69. The fourth-order valence-electron chi connectivity index (χ4n) is 3.09. The molecule has 28 heavy (non-hydrogen) atoms. The number of para-hydroxylation sites is 3. The van der Waals surface area contributed by atoms with Gasteiger partial charge < -0.3 is 20.3 Å². The highest BCUT2D eigenvalue weighted by Crippen LogP contribution is 2.27. The number of imidazole rings is 1. The Kier molecular flexibility index (Phi) is 4.73. The normalized spacial score (nSPS) is 11.0. The largest absolute Gasteiger partial charge is 0.395 e. The third-order valence-electron chi connectivity index (χ3n) is 4.37. The van der Waals surface area contributed by atoms with Gasteiger partial charge in [-0.3, -0.25) is 4.79 Å². The van der Waals surface area contributed by atoms with Crippen molar-refractivity contribution < 1.29 is 14.5 Å². The molecule has 4 aromatic rings. The molecule has 0 radical (unpaired) electrons. The van der Waals surface area contributed by atoms with Gasteiger partial charge in [-0.1, -0.05) is 30.3 Å². The molecule has 2 aromatic heterocycles. The van der Waals surface area contributed by atoms with Gasteiger partial charge in [-0.25, -0.2) is 9.61 Å². The van der Waals surface area contributed by atoms with Gasteiger partial charge in [0.1, 0.15) is 6.54 Å². The number of rotatable bonds is 6. The van der Waals surface area contributed by atoms with Crippen molar-refractivity contribution in [3.05, 3.63) is 54.6 Å². The molecule has 0 spiro atoms. The summed E-state index contributed by atoms with van der Waals surface area (Å²) in [7, 11) is 0. The molecule has 0 fully saturated rings. The average Bonchev–Trinajstić information content (AvgIpc) is 3.30. The van der Waals surface area contributed by atoms with Gasteiger partial charge in [0.05, 0.1) is 17.6 Å². The summed E-state index contributed by atoms with van der Waals surface area (Å²) in [5.41, 5.74) is 8.27. The second-order valence-electron chi connectivity index (χ2n) is 6.11. The summed E-state index contributed by atoms with van der Waals surface area (Å²) in [6.45, 7) is 0.00777. The highest BCUT2D eigenvalue weighted by Gasteiger charge is 2.23. The van der Waals surface area contributed by atoms with E-state index in [1.54, 1.807) is 4.57 Å². The van der Waals surface area contributed by atoms with Gasteiger partial charge in [0.25, 0.3) is 0 Å². The molecular formula is C19H18N6O3. The minimum absolute atomic E-state index is 0.0168. The lowest BCUT2D eigenvalue weighted by Crippen LogP contribution is -2.36. The van der Waals surface area contributed by atoms with Gasteiger partial charge in [-0.15, -0.1) is 0 Å². The van der Waals surface area contributed by atoms with Crippen LogP contribution in [0.25, 0.3) is 22.6 Å². The number of carbonyl (C=O) groups excluding carboxylic acids is 1. The van der Waals surface area contributed by atoms with Crippen molar-refractivity contribution in [2.24, 2.45) is 0 Å². The van der Waals surface area contributed by atoms with Gasteiger partial charge in [0.15, 0.2) is 17.3 Å². The number of nitrogen functional groups attached to an aromatic ring is 1. The number of aliphatic hydroxyl groups excluding tert-OH is 1.